The molecule has 1 aromatic carbocycles. The van der Waals surface area contributed by atoms with Crippen molar-refractivity contribution in [2.45, 2.75) is 6.42 Å². The van der Waals surface area contributed by atoms with Crippen molar-refractivity contribution in [1.82, 2.24) is 0 Å². The van der Waals surface area contributed by atoms with Crippen LogP contribution in [0.5, 0.6) is 5.75 Å². The van der Waals surface area contributed by atoms with E-state index in [1.807, 2.05) is 18.2 Å². The van der Waals surface area contributed by atoms with Gasteiger partial charge >= 0.3 is 11.9 Å². The second-order valence-electron chi connectivity index (χ2n) is 3.13. The Kier molecular flexibility index (Phi) is 7.36. The average molecular weight is 250 g/mol. The normalized spacial score (nSPS) is 9.33. The second-order valence-corrected chi connectivity index (χ2v) is 3.13. The number of hydrogen-bond donors (Lipinski definition) is 3. The highest BCUT2D eigenvalue weighted by Gasteiger charge is 1.93. The number of carboxylic acids is 2. The molecule has 5 nitrogen and oxygen atoms in total. The molecule has 96 valence electrons. The van der Waals surface area contributed by atoms with Crippen molar-refractivity contribution in [2.24, 2.45) is 0 Å². The molecular formula is C13H14O5. The van der Waals surface area contributed by atoms with Crippen molar-refractivity contribution in [3.63, 3.8) is 0 Å². The van der Waals surface area contributed by atoms with Crippen LogP contribution in [0, 0.1) is 0 Å². The highest BCUT2D eigenvalue weighted by molar-refractivity contribution is 5.89. The standard InChI is InChI=1S/C9H10O.C4H4O4/c1-2-5-8-6-3-4-7-9(8)10;5-3(6)1-2-4(7)8/h2-4,6-7,10H,1,5H2;1-2H,(H,5,6)(H,7,8). The number of benzene rings is 1. The largest absolute Gasteiger partial charge is 0.508 e. The Morgan fingerprint density at radius 1 is 1.11 bits per heavy atom. The van der Waals surface area contributed by atoms with Gasteiger partial charge in [0.2, 0.25) is 0 Å². The van der Waals surface area contributed by atoms with Crippen molar-refractivity contribution >= 4 is 11.9 Å². The van der Waals surface area contributed by atoms with E-state index in [9.17, 15) is 14.7 Å². The minimum atomic E-state index is -1.26. The van der Waals surface area contributed by atoms with Crippen LogP contribution in [0.2, 0.25) is 0 Å². The second kappa shape index (κ2) is 8.58. The van der Waals surface area contributed by atoms with E-state index in [4.69, 9.17) is 10.2 Å². The first-order valence-corrected chi connectivity index (χ1v) is 4.99. The lowest BCUT2D eigenvalue weighted by Crippen LogP contribution is -1.91. The molecule has 0 atom stereocenters. The lowest BCUT2D eigenvalue weighted by molar-refractivity contribution is -0.134. The van der Waals surface area contributed by atoms with E-state index in [0.29, 0.717) is 17.9 Å². The van der Waals surface area contributed by atoms with Crippen molar-refractivity contribution in [1.29, 1.82) is 0 Å². The number of phenols is 1. The Labute approximate surface area is 104 Å². The van der Waals surface area contributed by atoms with Crippen LogP contribution in [0.4, 0.5) is 0 Å². The van der Waals surface area contributed by atoms with Crippen LogP contribution < -0.4 is 0 Å². The first-order chi connectivity index (χ1) is 8.47. The van der Waals surface area contributed by atoms with Gasteiger partial charge in [-0.3, -0.25) is 0 Å². The van der Waals surface area contributed by atoms with Gasteiger partial charge in [-0.25, -0.2) is 9.59 Å². The number of aliphatic carboxylic acids is 2. The highest BCUT2D eigenvalue weighted by Crippen LogP contribution is 2.15. The first-order valence-electron chi connectivity index (χ1n) is 4.99. The van der Waals surface area contributed by atoms with Gasteiger partial charge in [-0.2, -0.15) is 0 Å². The van der Waals surface area contributed by atoms with Gasteiger partial charge in [-0.15, -0.1) is 6.58 Å². The van der Waals surface area contributed by atoms with Crippen molar-refractivity contribution in [2.75, 3.05) is 0 Å². The topological polar surface area (TPSA) is 94.8 Å². The van der Waals surface area contributed by atoms with Crippen LogP contribution in [0.15, 0.2) is 49.1 Å². The van der Waals surface area contributed by atoms with E-state index >= 15 is 0 Å². The van der Waals surface area contributed by atoms with E-state index in [2.05, 4.69) is 6.58 Å². The summed E-state index contributed by atoms with van der Waals surface area (Å²) in [5, 5.41) is 24.8. The number of allylic oxidation sites excluding steroid dienone is 1. The molecule has 0 radical (unpaired) electrons. The summed E-state index contributed by atoms with van der Waals surface area (Å²) < 4.78 is 0. The van der Waals surface area contributed by atoms with Gasteiger partial charge in [0.05, 0.1) is 0 Å². The summed E-state index contributed by atoms with van der Waals surface area (Å²) in [4.78, 5) is 19.1. The number of aromatic hydroxyl groups is 1. The zero-order valence-corrected chi connectivity index (χ0v) is 9.61. The summed E-state index contributed by atoms with van der Waals surface area (Å²) in [5.41, 5.74) is 0.928. The maximum Gasteiger partial charge on any atom is 0.328 e. The molecule has 3 N–H and O–H groups in total. The molecule has 0 fully saturated rings. The van der Waals surface area contributed by atoms with Crippen molar-refractivity contribution < 1.29 is 24.9 Å². The van der Waals surface area contributed by atoms with Crippen LogP contribution in [0.1, 0.15) is 5.56 Å². The Bertz CT molecular complexity index is 432. The summed E-state index contributed by atoms with van der Waals surface area (Å²) in [6.45, 7) is 3.59. The Morgan fingerprint density at radius 2 is 1.61 bits per heavy atom. The molecule has 0 heterocycles. The summed E-state index contributed by atoms with van der Waals surface area (Å²) in [5.74, 6) is -2.16. The molecular weight excluding hydrogens is 236 g/mol. The number of carbonyl (C=O) groups is 2. The average Bonchev–Trinajstić information content (AvgIpc) is 2.31. The van der Waals surface area contributed by atoms with Crippen LogP contribution in [0.3, 0.4) is 0 Å². The number of carboxylic acid groups (broad SMARTS) is 2. The fraction of sp³-hybridized carbons (Fsp3) is 0.0769. The smallest absolute Gasteiger partial charge is 0.328 e. The molecule has 0 bridgehead atoms. The van der Waals surface area contributed by atoms with E-state index in [-0.39, 0.29) is 0 Å². The number of hydrogen-bond acceptors (Lipinski definition) is 3. The van der Waals surface area contributed by atoms with Crippen LogP contribution in [-0.4, -0.2) is 27.3 Å². The lowest BCUT2D eigenvalue weighted by atomic mass is 10.1. The highest BCUT2D eigenvalue weighted by atomic mass is 16.4. The quantitative estimate of drug-likeness (QED) is 0.559. The van der Waals surface area contributed by atoms with Gasteiger partial charge in [0.1, 0.15) is 5.75 Å². The number of para-hydroxylation sites is 1. The van der Waals surface area contributed by atoms with E-state index in [1.165, 1.54) is 0 Å². The van der Waals surface area contributed by atoms with Crippen molar-refractivity contribution in [3.05, 3.63) is 54.6 Å². The molecule has 0 aliphatic heterocycles. The van der Waals surface area contributed by atoms with Gasteiger partial charge in [0.25, 0.3) is 0 Å². The third kappa shape index (κ3) is 7.70. The lowest BCUT2D eigenvalue weighted by Gasteiger charge is -1.97. The third-order valence-corrected chi connectivity index (χ3v) is 1.72. The fourth-order valence-electron chi connectivity index (χ4n) is 0.982. The molecule has 1 rings (SSSR count). The SMILES string of the molecule is C=CCc1ccccc1O.O=C(O)C=CC(=O)O. The molecule has 0 aliphatic rings. The summed E-state index contributed by atoms with van der Waals surface area (Å²) >= 11 is 0. The van der Waals surface area contributed by atoms with Gasteiger partial charge in [0, 0.05) is 12.2 Å². The predicted octanol–water partition coefficient (Wildman–Crippen LogP) is 1.83. The number of rotatable bonds is 4. The zero-order valence-electron chi connectivity index (χ0n) is 9.61. The molecule has 0 aliphatic carbocycles. The van der Waals surface area contributed by atoms with Gasteiger partial charge in [0.15, 0.2) is 0 Å². The van der Waals surface area contributed by atoms with Crippen LogP contribution in [-0.2, 0) is 16.0 Å². The molecule has 0 saturated carbocycles. The monoisotopic (exact) mass is 250 g/mol. The molecule has 0 saturated heterocycles. The Morgan fingerprint density at radius 3 is 2.00 bits per heavy atom. The predicted molar refractivity (Wildman–Crippen MR) is 66.4 cm³/mol. The minimum Gasteiger partial charge on any atom is -0.508 e. The molecule has 0 aromatic heterocycles. The Hall–Kier alpha value is -2.56. The van der Waals surface area contributed by atoms with E-state index in [1.54, 1.807) is 12.1 Å². The van der Waals surface area contributed by atoms with Crippen LogP contribution in [0.25, 0.3) is 0 Å². The fourth-order valence-corrected chi connectivity index (χ4v) is 0.982. The zero-order chi connectivity index (χ0) is 14.0. The van der Waals surface area contributed by atoms with Crippen molar-refractivity contribution in [3.8, 4) is 5.75 Å². The summed E-state index contributed by atoms with van der Waals surface area (Å²) in [6, 6.07) is 7.27. The molecule has 1 aromatic rings. The molecule has 18 heavy (non-hydrogen) atoms. The Balaban J connectivity index is 0.000000331. The minimum absolute atomic E-state index is 0.349. The summed E-state index contributed by atoms with van der Waals surface area (Å²) in [7, 11) is 0. The maximum atomic E-state index is 9.55. The summed E-state index contributed by atoms with van der Waals surface area (Å²) in [6.07, 6.45) is 3.62. The molecule has 0 unspecified atom stereocenters. The molecule has 5 heteroatoms. The molecule has 0 amide bonds. The van der Waals surface area contributed by atoms with E-state index < -0.39 is 11.9 Å². The van der Waals surface area contributed by atoms with Crippen LogP contribution >= 0.6 is 0 Å². The van der Waals surface area contributed by atoms with Gasteiger partial charge in [-0.05, 0) is 18.1 Å². The first kappa shape index (κ1) is 15.4. The van der Waals surface area contributed by atoms with Gasteiger partial charge < -0.3 is 15.3 Å². The maximum absolute atomic E-state index is 9.55. The molecule has 0 spiro atoms. The number of phenolic OH excluding ortho intramolecular Hbond substituents is 1. The van der Waals surface area contributed by atoms with Gasteiger partial charge in [-0.1, -0.05) is 24.3 Å². The third-order valence-electron chi connectivity index (χ3n) is 1.72. The van der Waals surface area contributed by atoms with E-state index in [0.717, 1.165) is 12.0 Å².